The first-order valence-corrected chi connectivity index (χ1v) is 9.15. The molecule has 1 N–H and O–H groups in total. The van der Waals surface area contributed by atoms with Crippen LogP contribution in [0.2, 0.25) is 0 Å². The van der Waals surface area contributed by atoms with Crippen LogP contribution < -0.4 is 10.2 Å². The second-order valence-electron chi connectivity index (χ2n) is 6.89. The number of nitrogens with one attached hydrogen (secondary N) is 1. The highest BCUT2D eigenvalue weighted by molar-refractivity contribution is 5.97. The molecule has 1 aliphatic heterocycles. The third-order valence-electron chi connectivity index (χ3n) is 4.93. The van der Waals surface area contributed by atoms with Crippen molar-refractivity contribution < 1.29 is 26.3 Å². The number of anilines is 1. The lowest BCUT2D eigenvalue weighted by Crippen LogP contribution is -2.43. The molecule has 0 bridgehead atoms. The van der Waals surface area contributed by atoms with Crippen LogP contribution in [0.25, 0.3) is 22.0 Å². The van der Waals surface area contributed by atoms with Crippen LogP contribution in [0.4, 0.5) is 32.2 Å². The molecule has 0 saturated carbocycles. The molecule has 2 aromatic heterocycles. The van der Waals surface area contributed by atoms with Gasteiger partial charge in [0.25, 0.3) is 0 Å². The number of fused-ring (bicyclic) bond motifs is 1. The maximum absolute atomic E-state index is 13.4. The quantitative estimate of drug-likeness (QED) is 0.360. The minimum absolute atomic E-state index is 0. The Morgan fingerprint density at radius 1 is 0.824 bits per heavy atom. The summed E-state index contributed by atoms with van der Waals surface area (Å²) in [5.74, 6) is 0.555. The lowest BCUT2D eigenvalue weighted by molar-refractivity contribution is -0.142. The van der Waals surface area contributed by atoms with Gasteiger partial charge in [-0.3, -0.25) is 0 Å². The van der Waals surface area contributed by atoms with Crippen LogP contribution in [0.15, 0.2) is 42.6 Å². The smallest absolute Gasteiger partial charge is 0.354 e. The molecule has 1 aliphatic rings. The van der Waals surface area contributed by atoms with Gasteiger partial charge in [-0.25, -0.2) is 9.97 Å². The van der Waals surface area contributed by atoms with E-state index in [1.165, 1.54) is 24.4 Å². The van der Waals surface area contributed by atoms with Crippen molar-refractivity contribution in [3.05, 3.63) is 53.9 Å². The monoisotopic (exact) mass is 570 g/mol. The molecule has 190 valence electrons. The number of pyridine rings is 2. The van der Waals surface area contributed by atoms with Crippen LogP contribution in [0.1, 0.15) is 11.3 Å². The van der Waals surface area contributed by atoms with Crippen molar-refractivity contribution in [2.24, 2.45) is 0 Å². The Balaban J connectivity index is 0.00000272. The number of hydrogen-bond donors (Lipinski definition) is 1. The molecule has 0 amide bonds. The summed E-state index contributed by atoms with van der Waals surface area (Å²) in [6.07, 6.45) is -8.28. The normalized spacial score (nSPS) is 13.8. The SMILES string of the molecule is Cl.Cl.Cl.Cl.FC(F)(F)c1cc(-c2ccnc(N3CCNCC3)c2)c2cccc(C(F)(F)F)c2n1. The summed E-state index contributed by atoms with van der Waals surface area (Å²) in [5.41, 5.74) is -2.94. The molecule has 0 atom stereocenters. The molecule has 0 radical (unpaired) electrons. The average Bonchev–Trinajstić information content (AvgIpc) is 2.72. The number of piperazine rings is 1. The summed E-state index contributed by atoms with van der Waals surface area (Å²) in [4.78, 5) is 9.58. The van der Waals surface area contributed by atoms with Gasteiger partial charge in [-0.05, 0) is 35.4 Å². The van der Waals surface area contributed by atoms with Crippen molar-refractivity contribution in [1.82, 2.24) is 15.3 Å². The summed E-state index contributed by atoms with van der Waals surface area (Å²) in [6.45, 7) is 2.80. The molecule has 3 heterocycles. The Hall–Kier alpha value is -1.72. The Kier molecular flexibility index (Phi) is 11.7. The third kappa shape index (κ3) is 6.69. The molecular weight excluding hydrogens is 552 g/mol. The van der Waals surface area contributed by atoms with E-state index in [-0.39, 0.29) is 60.6 Å². The highest BCUT2D eigenvalue weighted by Gasteiger charge is 2.37. The molecule has 34 heavy (non-hydrogen) atoms. The third-order valence-corrected chi connectivity index (χ3v) is 4.93. The molecule has 3 aromatic rings. The lowest BCUT2D eigenvalue weighted by atomic mass is 9.98. The lowest BCUT2D eigenvalue weighted by Gasteiger charge is -2.28. The second-order valence-corrected chi connectivity index (χ2v) is 6.89. The topological polar surface area (TPSA) is 41.1 Å². The fourth-order valence-electron chi connectivity index (χ4n) is 3.51. The molecule has 4 nitrogen and oxygen atoms in total. The summed E-state index contributed by atoms with van der Waals surface area (Å²) in [7, 11) is 0. The van der Waals surface area contributed by atoms with Gasteiger partial charge in [0.05, 0.1) is 11.1 Å². The number of halogens is 10. The maximum Gasteiger partial charge on any atom is 0.433 e. The van der Waals surface area contributed by atoms with Crippen molar-refractivity contribution in [2.75, 3.05) is 31.1 Å². The Labute approximate surface area is 216 Å². The molecule has 0 aliphatic carbocycles. The Morgan fingerprint density at radius 2 is 1.47 bits per heavy atom. The van der Waals surface area contributed by atoms with Gasteiger partial charge in [0, 0.05) is 37.8 Å². The fraction of sp³-hybridized carbons (Fsp3) is 0.300. The zero-order chi connectivity index (χ0) is 21.5. The summed E-state index contributed by atoms with van der Waals surface area (Å²) >= 11 is 0. The Morgan fingerprint density at radius 3 is 2.06 bits per heavy atom. The van der Waals surface area contributed by atoms with E-state index in [2.05, 4.69) is 15.3 Å². The molecule has 14 heteroatoms. The van der Waals surface area contributed by atoms with Crippen molar-refractivity contribution >= 4 is 66.3 Å². The van der Waals surface area contributed by atoms with Gasteiger partial charge in [-0.15, -0.1) is 49.6 Å². The minimum Gasteiger partial charge on any atom is -0.354 e. The minimum atomic E-state index is -4.89. The summed E-state index contributed by atoms with van der Waals surface area (Å²) < 4.78 is 80.6. The predicted molar refractivity (Wildman–Crippen MR) is 129 cm³/mol. The van der Waals surface area contributed by atoms with Gasteiger partial charge in [-0.2, -0.15) is 26.3 Å². The Bertz CT molecular complexity index is 1090. The number of hydrogen-bond acceptors (Lipinski definition) is 4. The van der Waals surface area contributed by atoms with E-state index in [9.17, 15) is 26.3 Å². The van der Waals surface area contributed by atoms with E-state index < -0.39 is 29.1 Å². The number of rotatable bonds is 2. The van der Waals surface area contributed by atoms with Crippen molar-refractivity contribution in [3.63, 3.8) is 0 Å². The second kappa shape index (κ2) is 12.3. The number of alkyl halides is 6. The predicted octanol–water partition coefficient (Wildman–Crippen LogP) is 6.43. The van der Waals surface area contributed by atoms with E-state index in [0.29, 0.717) is 24.5 Å². The number of nitrogens with zero attached hydrogens (tertiary/aromatic N) is 3. The van der Waals surface area contributed by atoms with Crippen molar-refractivity contribution in [1.29, 1.82) is 0 Å². The van der Waals surface area contributed by atoms with Gasteiger partial charge in [0.2, 0.25) is 0 Å². The van der Waals surface area contributed by atoms with E-state index in [1.807, 2.05) is 4.90 Å². The van der Waals surface area contributed by atoms with Crippen LogP contribution in [0.5, 0.6) is 0 Å². The molecule has 4 rings (SSSR count). The van der Waals surface area contributed by atoms with E-state index >= 15 is 0 Å². The van der Waals surface area contributed by atoms with Crippen LogP contribution in [-0.4, -0.2) is 36.1 Å². The molecule has 1 aromatic carbocycles. The number of para-hydroxylation sites is 1. The molecule has 0 spiro atoms. The van der Waals surface area contributed by atoms with Crippen LogP contribution in [0.3, 0.4) is 0 Å². The molecule has 1 saturated heterocycles. The zero-order valence-corrected chi connectivity index (χ0v) is 20.4. The van der Waals surface area contributed by atoms with Crippen molar-refractivity contribution in [2.45, 2.75) is 12.4 Å². The molecular formula is C20H20Cl4F6N4. The molecule has 0 unspecified atom stereocenters. The largest absolute Gasteiger partial charge is 0.433 e. The number of benzene rings is 1. The van der Waals surface area contributed by atoms with E-state index in [1.54, 1.807) is 6.07 Å². The standard InChI is InChI=1S/C20H16F6N4.4ClH/c21-19(22,23)15-3-1-2-13-14(11-16(20(24,25)26)29-18(13)15)12-4-5-28-17(10-12)30-8-6-27-7-9-30;;;;/h1-5,10-11,27H,6-9H2;4*1H. The maximum atomic E-state index is 13.4. The first-order valence-electron chi connectivity index (χ1n) is 9.15. The summed E-state index contributed by atoms with van der Waals surface area (Å²) in [5, 5.41) is 3.19. The van der Waals surface area contributed by atoms with Crippen LogP contribution in [-0.2, 0) is 12.4 Å². The van der Waals surface area contributed by atoms with E-state index in [4.69, 9.17) is 0 Å². The summed E-state index contributed by atoms with van der Waals surface area (Å²) in [6, 6.07) is 7.12. The number of aromatic nitrogens is 2. The highest BCUT2D eigenvalue weighted by Crippen LogP contribution is 2.40. The highest BCUT2D eigenvalue weighted by atomic mass is 35.5. The first-order chi connectivity index (χ1) is 14.1. The van der Waals surface area contributed by atoms with E-state index in [0.717, 1.165) is 25.2 Å². The van der Waals surface area contributed by atoms with Gasteiger partial charge < -0.3 is 10.2 Å². The zero-order valence-electron chi connectivity index (χ0n) is 17.1. The van der Waals surface area contributed by atoms with Crippen LogP contribution in [0, 0.1) is 0 Å². The fourth-order valence-corrected chi connectivity index (χ4v) is 3.51. The molecule has 1 fully saturated rings. The van der Waals surface area contributed by atoms with Crippen LogP contribution >= 0.6 is 49.6 Å². The van der Waals surface area contributed by atoms with Gasteiger partial charge in [0.15, 0.2) is 0 Å². The first kappa shape index (κ1) is 32.3. The van der Waals surface area contributed by atoms with Gasteiger partial charge >= 0.3 is 12.4 Å². The average molecular weight is 572 g/mol. The van der Waals surface area contributed by atoms with Gasteiger partial charge in [0.1, 0.15) is 11.5 Å². The van der Waals surface area contributed by atoms with Crippen molar-refractivity contribution in [3.8, 4) is 11.1 Å². The van der Waals surface area contributed by atoms with Gasteiger partial charge in [-0.1, -0.05) is 12.1 Å².